The highest BCUT2D eigenvalue weighted by Gasteiger charge is 2.40. The monoisotopic (exact) mass is 469 g/mol. The number of sulfonamides is 1. The number of ether oxygens (including phenoxy) is 1. The van der Waals surface area contributed by atoms with E-state index >= 15 is 0 Å². The number of hydrogen-bond donors (Lipinski definition) is 0. The van der Waals surface area contributed by atoms with E-state index < -0.39 is 33.6 Å². The molecule has 8 heteroatoms. The fourth-order valence-corrected chi connectivity index (χ4v) is 6.41. The number of thioether (sulfide) groups is 1. The zero-order valence-electron chi connectivity index (χ0n) is 19.4. The minimum absolute atomic E-state index is 0.0188. The Hall–Kier alpha value is -1.38. The summed E-state index contributed by atoms with van der Waals surface area (Å²) in [5.74, 6) is -0.225. The summed E-state index contributed by atoms with van der Waals surface area (Å²) in [6.45, 7) is 11.5. The number of carbonyl (C=O) groups is 2. The van der Waals surface area contributed by atoms with E-state index in [9.17, 15) is 18.0 Å². The molecular weight excluding hydrogens is 434 g/mol. The highest BCUT2D eigenvalue weighted by Crippen LogP contribution is 2.29. The number of esters is 1. The van der Waals surface area contributed by atoms with Crippen LogP contribution < -0.4 is 0 Å². The molecule has 1 aromatic rings. The maximum Gasteiger partial charge on any atom is 0.310 e. The lowest BCUT2D eigenvalue weighted by Crippen LogP contribution is -2.51. The molecule has 1 fully saturated rings. The Kier molecular flexibility index (Phi) is 8.76. The summed E-state index contributed by atoms with van der Waals surface area (Å²) in [6, 6.07) is 5.89. The van der Waals surface area contributed by atoms with Gasteiger partial charge in [-0.05, 0) is 45.7 Å². The zero-order chi connectivity index (χ0) is 23.4. The Morgan fingerprint density at radius 2 is 1.84 bits per heavy atom. The second kappa shape index (κ2) is 10.5. The van der Waals surface area contributed by atoms with Crippen molar-refractivity contribution in [2.45, 2.75) is 70.9 Å². The molecule has 0 spiro atoms. The van der Waals surface area contributed by atoms with Crippen molar-refractivity contribution in [2.24, 2.45) is 11.8 Å². The zero-order valence-corrected chi connectivity index (χ0v) is 21.0. The fraction of sp³-hybridized carbons (Fsp3) is 0.652. The highest BCUT2D eigenvalue weighted by atomic mass is 32.2. The topological polar surface area (TPSA) is 80.8 Å². The van der Waals surface area contributed by atoms with Crippen LogP contribution in [-0.2, 0) is 24.3 Å². The molecule has 31 heavy (non-hydrogen) atoms. The maximum absolute atomic E-state index is 13.3. The van der Waals surface area contributed by atoms with Crippen LogP contribution in [-0.4, -0.2) is 54.2 Å². The molecule has 3 atom stereocenters. The minimum atomic E-state index is -3.80. The van der Waals surface area contributed by atoms with E-state index in [1.54, 1.807) is 56.8 Å². The quantitative estimate of drug-likeness (QED) is 0.534. The highest BCUT2D eigenvalue weighted by molar-refractivity contribution is 7.99. The third kappa shape index (κ3) is 6.80. The molecule has 0 radical (unpaired) electrons. The third-order valence-corrected chi connectivity index (χ3v) is 8.49. The van der Waals surface area contributed by atoms with Gasteiger partial charge in [0.15, 0.2) is 5.78 Å². The SMILES string of the molecule is CCC(C)[C@H](CC(=O)[C@@H]1CSCCN1S(=O)(=O)c1ccc(C)cc1)C(=O)OC(C)(C)C. The van der Waals surface area contributed by atoms with Crippen LogP contribution in [0.15, 0.2) is 29.2 Å². The number of benzene rings is 1. The second-order valence-corrected chi connectivity index (χ2v) is 12.3. The lowest BCUT2D eigenvalue weighted by molar-refractivity contribution is -0.163. The molecule has 0 saturated carbocycles. The van der Waals surface area contributed by atoms with Gasteiger partial charge in [-0.25, -0.2) is 8.42 Å². The molecule has 1 heterocycles. The molecule has 1 unspecified atom stereocenters. The van der Waals surface area contributed by atoms with Crippen molar-refractivity contribution in [1.29, 1.82) is 0 Å². The number of hydrogen-bond acceptors (Lipinski definition) is 6. The van der Waals surface area contributed by atoms with E-state index in [2.05, 4.69) is 0 Å². The fourth-order valence-electron chi connectivity index (χ4n) is 3.51. The Morgan fingerprint density at radius 3 is 2.39 bits per heavy atom. The number of ketones is 1. The molecule has 6 nitrogen and oxygen atoms in total. The first-order valence-corrected chi connectivity index (χ1v) is 13.4. The molecule has 0 amide bonds. The van der Waals surface area contributed by atoms with E-state index in [1.807, 2.05) is 20.8 Å². The predicted octanol–water partition coefficient (Wildman–Crippen LogP) is 4.06. The van der Waals surface area contributed by atoms with Crippen molar-refractivity contribution in [3.8, 4) is 0 Å². The summed E-state index contributed by atoms with van der Waals surface area (Å²) in [7, 11) is -3.80. The van der Waals surface area contributed by atoms with Gasteiger partial charge in [-0.15, -0.1) is 0 Å². The first-order chi connectivity index (χ1) is 14.4. The summed E-state index contributed by atoms with van der Waals surface area (Å²) in [6.07, 6.45) is 0.705. The van der Waals surface area contributed by atoms with Gasteiger partial charge in [-0.1, -0.05) is 38.0 Å². The van der Waals surface area contributed by atoms with Crippen LogP contribution in [0.1, 0.15) is 53.0 Å². The van der Waals surface area contributed by atoms with E-state index in [1.165, 1.54) is 4.31 Å². The number of Topliss-reactive ketones (excluding diaryl/α,β-unsaturated/α-hetero) is 1. The Morgan fingerprint density at radius 1 is 1.23 bits per heavy atom. The number of aryl methyl sites for hydroxylation is 1. The normalized spacial score (nSPS) is 20.1. The maximum atomic E-state index is 13.3. The summed E-state index contributed by atoms with van der Waals surface area (Å²) < 4.78 is 33.4. The molecule has 0 aliphatic carbocycles. The molecule has 0 aromatic heterocycles. The van der Waals surface area contributed by atoms with Crippen LogP contribution in [0.25, 0.3) is 0 Å². The summed E-state index contributed by atoms with van der Waals surface area (Å²) in [4.78, 5) is 26.3. The minimum Gasteiger partial charge on any atom is -0.460 e. The van der Waals surface area contributed by atoms with E-state index in [0.717, 1.165) is 12.0 Å². The molecule has 0 bridgehead atoms. The summed E-state index contributed by atoms with van der Waals surface area (Å²) in [5, 5.41) is 0. The van der Waals surface area contributed by atoms with E-state index in [-0.39, 0.29) is 29.6 Å². The number of rotatable bonds is 8. The smallest absolute Gasteiger partial charge is 0.310 e. The van der Waals surface area contributed by atoms with Crippen LogP contribution in [0.4, 0.5) is 0 Å². The van der Waals surface area contributed by atoms with Crippen molar-refractivity contribution in [1.82, 2.24) is 4.31 Å². The Balaban J connectivity index is 2.27. The van der Waals surface area contributed by atoms with Crippen molar-refractivity contribution >= 4 is 33.5 Å². The van der Waals surface area contributed by atoms with Crippen molar-refractivity contribution < 1.29 is 22.7 Å². The van der Waals surface area contributed by atoms with E-state index in [4.69, 9.17) is 4.74 Å². The van der Waals surface area contributed by atoms with Crippen LogP contribution in [0.2, 0.25) is 0 Å². The second-order valence-electron chi connectivity index (χ2n) is 9.22. The average molecular weight is 470 g/mol. The van der Waals surface area contributed by atoms with Crippen molar-refractivity contribution in [2.75, 3.05) is 18.1 Å². The first-order valence-electron chi connectivity index (χ1n) is 10.8. The molecule has 0 N–H and O–H groups in total. The van der Waals surface area contributed by atoms with Crippen molar-refractivity contribution in [3.63, 3.8) is 0 Å². The molecular formula is C23H35NO5S2. The molecule has 174 valence electrons. The van der Waals surface area contributed by atoms with Gasteiger partial charge >= 0.3 is 5.97 Å². The van der Waals surface area contributed by atoms with Crippen molar-refractivity contribution in [3.05, 3.63) is 29.8 Å². The van der Waals surface area contributed by atoms with E-state index in [0.29, 0.717) is 11.5 Å². The number of carbonyl (C=O) groups excluding carboxylic acids is 2. The molecule has 1 aliphatic rings. The van der Waals surface area contributed by atoms with Crippen LogP contribution >= 0.6 is 11.8 Å². The van der Waals surface area contributed by atoms with Gasteiger partial charge < -0.3 is 4.74 Å². The van der Waals surface area contributed by atoms with Crippen LogP contribution in [0.5, 0.6) is 0 Å². The van der Waals surface area contributed by atoms with Gasteiger partial charge in [0.25, 0.3) is 0 Å². The van der Waals surface area contributed by atoms with Gasteiger partial charge in [0, 0.05) is 24.5 Å². The molecule has 1 aliphatic heterocycles. The predicted molar refractivity (Wildman–Crippen MR) is 125 cm³/mol. The lowest BCUT2D eigenvalue weighted by Gasteiger charge is -2.34. The van der Waals surface area contributed by atoms with Gasteiger partial charge in [-0.3, -0.25) is 9.59 Å². The summed E-state index contributed by atoms with van der Waals surface area (Å²) in [5.41, 5.74) is 0.322. The third-order valence-electron chi connectivity index (χ3n) is 5.54. The average Bonchev–Trinajstić information content (AvgIpc) is 2.70. The Labute approximate surface area is 191 Å². The van der Waals surface area contributed by atoms with Gasteiger partial charge in [0.05, 0.1) is 16.9 Å². The first kappa shape index (κ1) is 25.9. The number of nitrogens with zero attached hydrogens (tertiary/aromatic N) is 1. The summed E-state index contributed by atoms with van der Waals surface area (Å²) >= 11 is 1.57. The lowest BCUT2D eigenvalue weighted by atomic mass is 9.86. The molecule has 1 saturated heterocycles. The van der Waals surface area contributed by atoms with Crippen LogP contribution in [0, 0.1) is 18.8 Å². The largest absolute Gasteiger partial charge is 0.460 e. The Bertz CT molecular complexity index is 874. The van der Waals surface area contributed by atoms with Gasteiger partial charge in [-0.2, -0.15) is 16.1 Å². The van der Waals surface area contributed by atoms with Crippen LogP contribution in [0.3, 0.4) is 0 Å². The standard InChI is InChI=1S/C23H35NO5S2/c1-7-17(3)19(22(26)29-23(4,5)6)14-21(25)20-15-30-13-12-24(20)31(27,28)18-10-8-16(2)9-11-18/h8-11,17,19-20H,7,12-15H2,1-6H3/t17?,19-,20-/m0/s1. The van der Waals surface area contributed by atoms with Gasteiger partial charge in [0.2, 0.25) is 10.0 Å². The van der Waals surface area contributed by atoms with Gasteiger partial charge in [0.1, 0.15) is 5.60 Å². The molecule has 1 aromatic carbocycles. The molecule has 2 rings (SSSR count).